The van der Waals surface area contributed by atoms with Crippen LogP contribution < -0.4 is 0 Å². The van der Waals surface area contributed by atoms with Crippen molar-refractivity contribution in [2.24, 2.45) is 0 Å². The number of carboxylic acid groups (broad SMARTS) is 1. The molecule has 1 aromatic heterocycles. The van der Waals surface area contributed by atoms with Gasteiger partial charge in [-0.3, -0.25) is 0 Å². The highest BCUT2D eigenvalue weighted by Crippen LogP contribution is 2.29. The lowest BCUT2D eigenvalue weighted by Crippen LogP contribution is -2.33. The molecule has 1 aromatic rings. The zero-order chi connectivity index (χ0) is 10.1. The normalized spacial score (nSPS) is 14.1. The van der Waals surface area contributed by atoms with Crippen molar-refractivity contribution >= 4 is 5.97 Å². The number of hydrogen-bond acceptors (Lipinski definition) is 2. The van der Waals surface area contributed by atoms with E-state index in [1.165, 1.54) is 6.07 Å². The van der Waals surface area contributed by atoms with Gasteiger partial charge in [-0.15, -0.1) is 0 Å². The average molecular weight is 194 g/mol. The third kappa shape index (κ3) is 1.98. The number of rotatable bonds is 2. The number of nitrogens with zero attached hydrogens (tertiary/aromatic N) is 2. The van der Waals surface area contributed by atoms with E-state index in [-0.39, 0.29) is 0 Å². The largest absolute Gasteiger partial charge is 0.479 e. The molecule has 0 aliphatic heterocycles. The summed E-state index contributed by atoms with van der Waals surface area (Å²) in [5, 5.41) is 11.5. The summed E-state index contributed by atoms with van der Waals surface area (Å²) >= 11 is 0. The van der Waals surface area contributed by atoms with E-state index in [2.05, 4.69) is 5.10 Å². The number of aliphatic carboxylic acids is 1. The molecule has 0 aromatic carbocycles. The summed E-state index contributed by atoms with van der Waals surface area (Å²) in [6.45, 7) is 0. The Balaban J connectivity index is 3.01. The zero-order valence-corrected chi connectivity index (χ0v) is 6.19. The van der Waals surface area contributed by atoms with Crippen LogP contribution in [0.25, 0.3) is 0 Å². The fourth-order valence-corrected chi connectivity index (χ4v) is 0.837. The van der Waals surface area contributed by atoms with Gasteiger partial charge in [0.05, 0.1) is 0 Å². The molecule has 0 radical (unpaired) electrons. The molecule has 0 amide bonds. The third-order valence-electron chi connectivity index (χ3n) is 1.33. The third-order valence-corrected chi connectivity index (χ3v) is 1.33. The van der Waals surface area contributed by atoms with Crippen molar-refractivity contribution in [2.75, 3.05) is 0 Å². The van der Waals surface area contributed by atoms with Gasteiger partial charge in [0.15, 0.2) is 0 Å². The first-order valence-electron chi connectivity index (χ1n) is 3.21. The molecule has 1 unspecified atom stereocenters. The van der Waals surface area contributed by atoms with E-state index in [9.17, 15) is 18.0 Å². The molecule has 0 fully saturated rings. The first-order chi connectivity index (χ1) is 5.93. The Morgan fingerprint density at radius 3 is 2.46 bits per heavy atom. The molecule has 0 aliphatic rings. The maximum atomic E-state index is 12.1. The van der Waals surface area contributed by atoms with Gasteiger partial charge in [0.2, 0.25) is 6.04 Å². The Labute approximate surface area is 70.6 Å². The number of carbonyl (C=O) groups is 1. The summed E-state index contributed by atoms with van der Waals surface area (Å²) in [4.78, 5) is 10.3. The predicted molar refractivity (Wildman–Crippen MR) is 35.0 cm³/mol. The van der Waals surface area contributed by atoms with Crippen LogP contribution in [0.2, 0.25) is 0 Å². The average Bonchev–Trinajstić information content (AvgIpc) is 2.34. The zero-order valence-electron chi connectivity index (χ0n) is 6.19. The van der Waals surface area contributed by atoms with Crippen molar-refractivity contribution in [3.8, 4) is 0 Å². The minimum Gasteiger partial charge on any atom is -0.479 e. The van der Waals surface area contributed by atoms with E-state index in [4.69, 9.17) is 5.11 Å². The summed E-state index contributed by atoms with van der Waals surface area (Å²) in [5.74, 6) is -1.98. The lowest BCUT2D eigenvalue weighted by molar-refractivity contribution is -0.190. The van der Waals surface area contributed by atoms with Crippen LogP contribution in [0.3, 0.4) is 0 Å². The number of alkyl halides is 3. The van der Waals surface area contributed by atoms with Gasteiger partial charge in [0, 0.05) is 12.4 Å². The highest BCUT2D eigenvalue weighted by Gasteiger charge is 2.47. The number of carboxylic acids is 1. The monoisotopic (exact) mass is 194 g/mol. The minimum absolute atomic E-state index is 0.350. The SMILES string of the molecule is O=C(O)C(n1cccn1)C(F)(F)F. The fraction of sp³-hybridized carbons (Fsp3) is 0.333. The van der Waals surface area contributed by atoms with Crippen molar-refractivity contribution in [1.29, 1.82) is 0 Å². The smallest absolute Gasteiger partial charge is 0.421 e. The van der Waals surface area contributed by atoms with Crippen LogP contribution in [0.15, 0.2) is 18.5 Å². The summed E-state index contributed by atoms with van der Waals surface area (Å²) in [7, 11) is 0. The minimum atomic E-state index is -4.84. The Hall–Kier alpha value is -1.53. The second kappa shape index (κ2) is 3.08. The Morgan fingerprint density at radius 2 is 2.15 bits per heavy atom. The molecule has 4 nitrogen and oxygen atoms in total. The molecule has 1 atom stereocenters. The number of aromatic nitrogens is 2. The number of hydrogen-bond donors (Lipinski definition) is 1. The van der Waals surface area contributed by atoms with Crippen LogP contribution in [0.5, 0.6) is 0 Å². The maximum Gasteiger partial charge on any atom is 0.421 e. The van der Waals surface area contributed by atoms with Gasteiger partial charge in [-0.1, -0.05) is 0 Å². The van der Waals surface area contributed by atoms with Crippen molar-refractivity contribution in [3.05, 3.63) is 18.5 Å². The molecular weight excluding hydrogens is 189 g/mol. The molecular formula is C6H5F3N2O2. The standard InChI is InChI=1S/C6H5F3N2O2/c7-6(8,9)4(5(12)13)11-3-1-2-10-11/h1-4H,(H,12,13). The topological polar surface area (TPSA) is 55.1 Å². The van der Waals surface area contributed by atoms with E-state index in [1.807, 2.05) is 0 Å². The molecule has 0 saturated carbocycles. The van der Waals surface area contributed by atoms with Crippen LogP contribution in [-0.2, 0) is 4.79 Å². The van der Waals surface area contributed by atoms with Crippen LogP contribution in [0.1, 0.15) is 6.04 Å². The first kappa shape index (κ1) is 9.56. The lowest BCUT2D eigenvalue weighted by Gasteiger charge is -2.15. The highest BCUT2D eigenvalue weighted by molar-refractivity contribution is 5.72. The summed E-state index contributed by atoms with van der Waals surface area (Å²) in [5.41, 5.74) is 0. The molecule has 0 aliphatic carbocycles. The fourth-order valence-electron chi connectivity index (χ4n) is 0.837. The van der Waals surface area contributed by atoms with Gasteiger partial charge in [-0.05, 0) is 6.07 Å². The predicted octanol–water partition coefficient (Wildman–Crippen LogP) is 1.07. The summed E-state index contributed by atoms with van der Waals surface area (Å²) < 4.78 is 36.6. The van der Waals surface area contributed by atoms with Crippen molar-refractivity contribution in [1.82, 2.24) is 9.78 Å². The second-order valence-electron chi connectivity index (χ2n) is 2.27. The quantitative estimate of drug-likeness (QED) is 0.766. The molecule has 0 saturated heterocycles. The molecule has 1 rings (SSSR count). The van der Waals surface area contributed by atoms with Gasteiger partial charge >= 0.3 is 12.1 Å². The van der Waals surface area contributed by atoms with Crippen LogP contribution in [0, 0.1) is 0 Å². The van der Waals surface area contributed by atoms with Gasteiger partial charge < -0.3 is 5.11 Å². The van der Waals surface area contributed by atoms with Crippen molar-refractivity contribution < 1.29 is 23.1 Å². The van der Waals surface area contributed by atoms with Crippen LogP contribution >= 0.6 is 0 Å². The molecule has 0 spiro atoms. The van der Waals surface area contributed by atoms with E-state index in [1.54, 1.807) is 0 Å². The second-order valence-corrected chi connectivity index (χ2v) is 2.27. The van der Waals surface area contributed by atoms with Gasteiger partial charge in [-0.2, -0.15) is 18.3 Å². The van der Waals surface area contributed by atoms with Gasteiger partial charge in [-0.25, -0.2) is 9.48 Å². The Kier molecular flexibility index (Phi) is 2.26. The van der Waals surface area contributed by atoms with Crippen molar-refractivity contribution in [2.45, 2.75) is 12.2 Å². The van der Waals surface area contributed by atoms with E-state index in [0.29, 0.717) is 4.68 Å². The van der Waals surface area contributed by atoms with Gasteiger partial charge in [0.25, 0.3) is 0 Å². The molecule has 13 heavy (non-hydrogen) atoms. The Bertz CT molecular complexity index is 293. The number of halogens is 3. The molecule has 72 valence electrons. The summed E-state index contributed by atoms with van der Waals surface area (Å²) in [6.07, 6.45) is -2.80. The van der Waals surface area contributed by atoms with E-state index >= 15 is 0 Å². The van der Waals surface area contributed by atoms with Crippen molar-refractivity contribution in [3.63, 3.8) is 0 Å². The molecule has 1 N–H and O–H groups in total. The highest BCUT2D eigenvalue weighted by atomic mass is 19.4. The van der Waals surface area contributed by atoms with E-state index < -0.39 is 18.2 Å². The molecule has 7 heteroatoms. The van der Waals surface area contributed by atoms with Crippen LogP contribution in [0.4, 0.5) is 13.2 Å². The van der Waals surface area contributed by atoms with Crippen LogP contribution in [-0.4, -0.2) is 27.0 Å². The molecule has 1 heterocycles. The maximum absolute atomic E-state index is 12.1. The lowest BCUT2D eigenvalue weighted by atomic mass is 10.3. The van der Waals surface area contributed by atoms with E-state index in [0.717, 1.165) is 12.4 Å². The Morgan fingerprint density at radius 1 is 1.54 bits per heavy atom. The molecule has 0 bridgehead atoms. The summed E-state index contributed by atoms with van der Waals surface area (Å²) in [6, 6.07) is -1.38. The first-order valence-corrected chi connectivity index (χ1v) is 3.21. The van der Waals surface area contributed by atoms with Gasteiger partial charge in [0.1, 0.15) is 0 Å².